The van der Waals surface area contributed by atoms with Gasteiger partial charge in [-0.15, -0.1) is 0 Å². The van der Waals surface area contributed by atoms with Gasteiger partial charge in [-0.3, -0.25) is 4.79 Å². The third-order valence-corrected chi connectivity index (χ3v) is 6.79. The maximum absolute atomic E-state index is 12.5. The molecule has 3 rings (SSSR count). The molecule has 154 valence electrons. The van der Waals surface area contributed by atoms with E-state index in [2.05, 4.69) is 16.4 Å². The van der Waals surface area contributed by atoms with Crippen molar-refractivity contribution in [3.8, 4) is 0 Å². The average molecular weight is 408 g/mol. The number of aryl methyl sites for hydroxylation is 1. The van der Waals surface area contributed by atoms with Crippen molar-refractivity contribution in [3.05, 3.63) is 36.0 Å². The van der Waals surface area contributed by atoms with Crippen molar-refractivity contribution in [2.75, 3.05) is 25.4 Å². The van der Waals surface area contributed by atoms with Gasteiger partial charge in [0.1, 0.15) is 0 Å². The Bertz CT molecular complexity index is 899. The largest absolute Gasteiger partial charge is 0.373 e. The summed E-state index contributed by atoms with van der Waals surface area (Å²) in [7, 11) is -3.39. The molecule has 1 aromatic carbocycles. The molecule has 0 spiro atoms. The number of carbonyl (C=O) groups is 1. The number of sulfonamides is 1. The molecule has 0 unspecified atom stereocenters. The van der Waals surface area contributed by atoms with Crippen LogP contribution >= 0.6 is 0 Å². The van der Waals surface area contributed by atoms with Crippen molar-refractivity contribution in [1.29, 1.82) is 0 Å². The SMILES string of the molecule is C[C@H]1CN(S(=O)(=O)CCNC(=O)CCCc2c[nH]c3ccccc23)C[C@H](C)O1. The van der Waals surface area contributed by atoms with E-state index in [4.69, 9.17) is 4.74 Å². The average Bonchev–Trinajstić information content (AvgIpc) is 3.04. The monoisotopic (exact) mass is 407 g/mol. The van der Waals surface area contributed by atoms with Crippen LogP contribution in [-0.4, -0.2) is 61.2 Å². The van der Waals surface area contributed by atoms with Gasteiger partial charge in [0.05, 0.1) is 18.0 Å². The highest BCUT2D eigenvalue weighted by molar-refractivity contribution is 7.89. The molecular weight excluding hydrogens is 378 g/mol. The normalized spacial score (nSPS) is 21.1. The zero-order valence-corrected chi connectivity index (χ0v) is 17.3. The van der Waals surface area contributed by atoms with Crippen LogP contribution in [0.2, 0.25) is 0 Å². The van der Waals surface area contributed by atoms with Crippen LogP contribution in [0.1, 0.15) is 32.3 Å². The van der Waals surface area contributed by atoms with E-state index in [0.717, 1.165) is 18.4 Å². The predicted octanol–water partition coefficient (Wildman–Crippen LogP) is 2.05. The first-order chi connectivity index (χ1) is 13.3. The fourth-order valence-corrected chi connectivity index (χ4v) is 5.16. The molecule has 2 N–H and O–H groups in total. The lowest BCUT2D eigenvalue weighted by molar-refractivity contribution is -0.121. The minimum Gasteiger partial charge on any atom is -0.373 e. The number of amides is 1. The first kappa shape index (κ1) is 20.8. The van der Waals surface area contributed by atoms with Gasteiger partial charge in [0.15, 0.2) is 0 Å². The summed E-state index contributed by atoms with van der Waals surface area (Å²) in [5, 5.41) is 3.92. The van der Waals surface area contributed by atoms with E-state index in [-0.39, 0.29) is 30.4 Å². The minimum atomic E-state index is -3.39. The standard InChI is InChI=1S/C20H29N3O4S/c1-15-13-23(14-16(2)27-15)28(25,26)11-10-21-20(24)9-5-6-17-12-22-19-8-4-3-7-18(17)19/h3-4,7-8,12,15-16,22H,5-6,9-11,13-14H2,1-2H3,(H,21,24)/t15-,16-/m0/s1. The van der Waals surface area contributed by atoms with Crippen LogP contribution in [0.4, 0.5) is 0 Å². The Morgan fingerprint density at radius 2 is 1.96 bits per heavy atom. The molecule has 1 amide bonds. The highest BCUT2D eigenvalue weighted by Crippen LogP contribution is 2.19. The molecule has 2 aromatic rings. The Labute approximate surface area is 166 Å². The van der Waals surface area contributed by atoms with E-state index in [1.807, 2.05) is 38.2 Å². The number of para-hydroxylation sites is 1. The number of hydrogen-bond acceptors (Lipinski definition) is 4. The summed E-state index contributed by atoms with van der Waals surface area (Å²) in [5.41, 5.74) is 2.29. The number of H-pyrrole nitrogens is 1. The number of aromatic amines is 1. The van der Waals surface area contributed by atoms with Gasteiger partial charge in [0, 0.05) is 43.2 Å². The molecule has 0 aliphatic carbocycles. The van der Waals surface area contributed by atoms with Gasteiger partial charge in [-0.05, 0) is 38.3 Å². The Morgan fingerprint density at radius 1 is 1.25 bits per heavy atom. The van der Waals surface area contributed by atoms with Gasteiger partial charge in [-0.25, -0.2) is 8.42 Å². The minimum absolute atomic E-state index is 0.0827. The number of carbonyl (C=O) groups excluding carboxylic acids is 1. The maximum atomic E-state index is 12.5. The first-order valence-corrected chi connectivity index (χ1v) is 11.4. The molecule has 8 heteroatoms. The van der Waals surface area contributed by atoms with Gasteiger partial charge < -0.3 is 15.0 Å². The second-order valence-corrected chi connectivity index (χ2v) is 9.54. The summed E-state index contributed by atoms with van der Waals surface area (Å²) in [6.07, 6.45) is 3.67. The number of fused-ring (bicyclic) bond motifs is 1. The van der Waals surface area contributed by atoms with Crippen LogP contribution in [0, 0.1) is 0 Å². The smallest absolute Gasteiger partial charge is 0.220 e. The second-order valence-electron chi connectivity index (χ2n) is 7.45. The van der Waals surface area contributed by atoms with Crippen LogP contribution in [-0.2, 0) is 26.0 Å². The molecule has 1 aliphatic heterocycles. The lowest BCUT2D eigenvalue weighted by atomic mass is 10.1. The molecule has 2 atom stereocenters. The summed E-state index contributed by atoms with van der Waals surface area (Å²) < 4.78 is 32.0. The molecule has 0 saturated carbocycles. The Kier molecular flexibility index (Phi) is 6.74. The van der Waals surface area contributed by atoms with Crippen molar-refractivity contribution < 1.29 is 17.9 Å². The molecule has 1 aliphatic rings. The van der Waals surface area contributed by atoms with Crippen LogP contribution in [0.5, 0.6) is 0 Å². The van der Waals surface area contributed by atoms with Crippen molar-refractivity contribution in [2.24, 2.45) is 0 Å². The van der Waals surface area contributed by atoms with Crippen molar-refractivity contribution in [2.45, 2.75) is 45.3 Å². The molecular formula is C20H29N3O4S. The highest BCUT2D eigenvalue weighted by Gasteiger charge is 2.30. The number of nitrogens with one attached hydrogen (secondary N) is 2. The van der Waals surface area contributed by atoms with Gasteiger partial charge in [0.2, 0.25) is 15.9 Å². The van der Waals surface area contributed by atoms with Crippen molar-refractivity contribution in [3.63, 3.8) is 0 Å². The van der Waals surface area contributed by atoms with Crippen molar-refractivity contribution >= 4 is 26.8 Å². The van der Waals surface area contributed by atoms with E-state index in [0.29, 0.717) is 19.5 Å². The summed E-state index contributed by atoms with van der Waals surface area (Å²) in [4.78, 5) is 15.3. The number of benzene rings is 1. The number of aromatic nitrogens is 1. The molecule has 0 bridgehead atoms. The van der Waals surface area contributed by atoms with E-state index < -0.39 is 10.0 Å². The maximum Gasteiger partial charge on any atom is 0.220 e. The Morgan fingerprint density at radius 3 is 2.71 bits per heavy atom. The third-order valence-electron chi connectivity index (χ3n) is 4.99. The van der Waals surface area contributed by atoms with Crippen LogP contribution in [0.25, 0.3) is 10.9 Å². The lowest BCUT2D eigenvalue weighted by Gasteiger charge is -2.34. The van der Waals surface area contributed by atoms with Crippen LogP contribution < -0.4 is 5.32 Å². The van der Waals surface area contributed by atoms with E-state index in [9.17, 15) is 13.2 Å². The number of hydrogen-bond donors (Lipinski definition) is 2. The number of ether oxygens (including phenoxy) is 1. The summed E-state index contributed by atoms with van der Waals surface area (Å²) in [5.74, 6) is -0.195. The Hall–Kier alpha value is -1.90. The van der Waals surface area contributed by atoms with Crippen molar-refractivity contribution in [1.82, 2.24) is 14.6 Å². The molecule has 1 aromatic heterocycles. The van der Waals surface area contributed by atoms with E-state index >= 15 is 0 Å². The van der Waals surface area contributed by atoms with Gasteiger partial charge in [0.25, 0.3) is 0 Å². The fraction of sp³-hybridized carbons (Fsp3) is 0.550. The molecule has 1 saturated heterocycles. The number of rotatable bonds is 8. The second kappa shape index (κ2) is 9.07. The predicted molar refractivity (Wildman–Crippen MR) is 110 cm³/mol. The molecule has 0 radical (unpaired) electrons. The van der Waals surface area contributed by atoms with E-state index in [1.54, 1.807) is 0 Å². The summed E-state index contributed by atoms with van der Waals surface area (Å²) in [6.45, 7) is 4.60. The Balaban J connectivity index is 1.39. The van der Waals surface area contributed by atoms with Gasteiger partial charge in [-0.2, -0.15) is 4.31 Å². The van der Waals surface area contributed by atoms with Gasteiger partial charge in [-0.1, -0.05) is 18.2 Å². The van der Waals surface area contributed by atoms with Crippen LogP contribution in [0.3, 0.4) is 0 Å². The first-order valence-electron chi connectivity index (χ1n) is 9.80. The van der Waals surface area contributed by atoms with E-state index in [1.165, 1.54) is 15.3 Å². The molecule has 7 nitrogen and oxygen atoms in total. The fourth-order valence-electron chi connectivity index (χ4n) is 3.67. The summed E-state index contributed by atoms with van der Waals surface area (Å²) >= 11 is 0. The number of nitrogens with zero attached hydrogens (tertiary/aromatic N) is 1. The number of morpholine rings is 1. The lowest BCUT2D eigenvalue weighted by Crippen LogP contribution is -2.49. The summed E-state index contributed by atoms with van der Waals surface area (Å²) in [6, 6.07) is 8.09. The topological polar surface area (TPSA) is 91.5 Å². The zero-order valence-electron chi connectivity index (χ0n) is 16.5. The molecule has 2 heterocycles. The molecule has 1 fully saturated rings. The third kappa shape index (κ3) is 5.33. The quantitative estimate of drug-likeness (QED) is 0.701. The zero-order chi connectivity index (χ0) is 20.1. The van der Waals surface area contributed by atoms with Crippen LogP contribution in [0.15, 0.2) is 30.5 Å². The highest BCUT2D eigenvalue weighted by atomic mass is 32.2. The molecule has 28 heavy (non-hydrogen) atoms. The van der Waals surface area contributed by atoms with Gasteiger partial charge >= 0.3 is 0 Å².